The van der Waals surface area contributed by atoms with Gasteiger partial charge in [-0.05, 0) is 38.5 Å². The van der Waals surface area contributed by atoms with Crippen molar-refractivity contribution in [2.75, 3.05) is 13.6 Å². The average molecular weight is 210 g/mol. The third-order valence-corrected chi connectivity index (χ3v) is 3.13. The molecular weight excluding hydrogens is 188 g/mol. The minimum absolute atomic E-state index is 0.0778. The highest BCUT2D eigenvalue weighted by Gasteiger charge is 2.45. The summed E-state index contributed by atoms with van der Waals surface area (Å²) in [6.45, 7) is 6.29. The first-order valence-corrected chi connectivity index (χ1v) is 5.65. The number of carbonyl (C=O) groups excluding carboxylic acids is 1. The van der Waals surface area contributed by atoms with Gasteiger partial charge in [-0.3, -0.25) is 4.79 Å². The first kappa shape index (κ1) is 12.2. The molecule has 1 fully saturated rings. The second-order valence-corrected chi connectivity index (χ2v) is 4.71. The van der Waals surface area contributed by atoms with Crippen molar-refractivity contribution in [2.24, 2.45) is 11.7 Å². The second kappa shape index (κ2) is 4.79. The molecule has 0 radical (unpaired) electrons. The van der Waals surface area contributed by atoms with Crippen LogP contribution < -0.4 is 5.73 Å². The molecule has 0 saturated heterocycles. The summed E-state index contributed by atoms with van der Waals surface area (Å²) in [5, 5.41) is 0. The highest BCUT2D eigenvalue weighted by molar-refractivity contribution is 5.86. The molecule has 1 aliphatic rings. The van der Waals surface area contributed by atoms with E-state index in [4.69, 9.17) is 5.73 Å². The molecule has 0 aromatic rings. The number of hydrogen-bond acceptors (Lipinski definition) is 2. The van der Waals surface area contributed by atoms with Gasteiger partial charge in [0.15, 0.2) is 0 Å². The van der Waals surface area contributed by atoms with Gasteiger partial charge in [-0.25, -0.2) is 0 Å². The average Bonchev–Trinajstić information content (AvgIpc) is 3.00. The van der Waals surface area contributed by atoms with Crippen LogP contribution in [0, 0.1) is 5.92 Å². The quantitative estimate of drug-likeness (QED) is 0.534. The Hall–Kier alpha value is -0.830. The number of allylic oxidation sites excluding steroid dienone is 1. The zero-order valence-corrected chi connectivity index (χ0v) is 9.83. The topological polar surface area (TPSA) is 46.3 Å². The fraction of sp³-hybridized carbons (Fsp3) is 0.750. The van der Waals surface area contributed by atoms with Crippen molar-refractivity contribution < 1.29 is 4.79 Å². The second-order valence-electron chi connectivity index (χ2n) is 4.71. The van der Waals surface area contributed by atoms with E-state index in [1.54, 1.807) is 4.90 Å². The molecule has 86 valence electrons. The number of likely N-dealkylation sites (N-methyl/N-ethyl adjacent to an activating group) is 1. The van der Waals surface area contributed by atoms with E-state index in [1.165, 1.54) is 0 Å². The van der Waals surface area contributed by atoms with Crippen LogP contribution in [0.15, 0.2) is 12.7 Å². The molecule has 3 nitrogen and oxygen atoms in total. The fourth-order valence-electron chi connectivity index (χ4n) is 1.84. The van der Waals surface area contributed by atoms with Crippen molar-refractivity contribution in [3.63, 3.8) is 0 Å². The molecule has 0 aromatic heterocycles. The summed E-state index contributed by atoms with van der Waals surface area (Å²) >= 11 is 0. The maximum Gasteiger partial charge on any atom is 0.242 e. The SMILES string of the molecule is C=CCCCN(C)C(=O)C(C)(N)C1CC1. The number of amides is 1. The Balaban J connectivity index is 2.40. The molecule has 1 atom stereocenters. The largest absolute Gasteiger partial charge is 0.344 e. The van der Waals surface area contributed by atoms with Crippen LogP contribution in [-0.4, -0.2) is 29.9 Å². The molecule has 1 amide bonds. The van der Waals surface area contributed by atoms with E-state index in [0.717, 1.165) is 32.2 Å². The predicted octanol–water partition coefficient (Wildman–Crippen LogP) is 1.54. The Morgan fingerprint density at radius 2 is 2.27 bits per heavy atom. The lowest BCUT2D eigenvalue weighted by Crippen LogP contribution is -2.53. The molecule has 0 aromatic carbocycles. The van der Waals surface area contributed by atoms with E-state index >= 15 is 0 Å². The lowest BCUT2D eigenvalue weighted by molar-refractivity contribution is -0.135. The van der Waals surface area contributed by atoms with Crippen LogP contribution in [0.2, 0.25) is 0 Å². The number of nitrogens with zero attached hydrogens (tertiary/aromatic N) is 1. The van der Waals surface area contributed by atoms with E-state index in [0.29, 0.717) is 5.92 Å². The van der Waals surface area contributed by atoms with Crippen molar-refractivity contribution in [1.29, 1.82) is 0 Å². The Labute approximate surface area is 92.3 Å². The van der Waals surface area contributed by atoms with Crippen LogP contribution in [-0.2, 0) is 4.79 Å². The monoisotopic (exact) mass is 210 g/mol. The van der Waals surface area contributed by atoms with Gasteiger partial charge in [0.25, 0.3) is 0 Å². The van der Waals surface area contributed by atoms with E-state index in [9.17, 15) is 4.79 Å². The van der Waals surface area contributed by atoms with E-state index in [2.05, 4.69) is 6.58 Å². The molecule has 2 N–H and O–H groups in total. The molecule has 1 aliphatic carbocycles. The Kier molecular flexibility index (Phi) is 3.91. The lowest BCUT2D eigenvalue weighted by atomic mass is 9.95. The molecule has 1 saturated carbocycles. The molecule has 0 bridgehead atoms. The van der Waals surface area contributed by atoms with Crippen molar-refractivity contribution >= 4 is 5.91 Å². The van der Waals surface area contributed by atoms with Crippen LogP contribution in [0.5, 0.6) is 0 Å². The van der Waals surface area contributed by atoms with Gasteiger partial charge in [0.1, 0.15) is 0 Å². The van der Waals surface area contributed by atoms with Crippen LogP contribution in [0.1, 0.15) is 32.6 Å². The minimum atomic E-state index is -0.650. The van der Waals surface area contributed by atoms with Crippen molar-refractivity contribution in [3.05, 3.63) is 12.7 Å². The van der Waals surface area contributed by atoms with Crippen LogP contribution in [0.3, 0.4) is 0 Å². The van der Waals surface area contributed by atoms with Crippen LogP contribution in [0.4, 0.5) is 0 Å². The predicted molar refractivity (Wildman–Crippen MR) is 62.4 cm³/mol. The summed E-state index contributed by atoms with van der Waals surface area (Å²) in [6, 6.07) is 0. The molecule has 15 heavy (non-hydrogen) atoms. The molecule has 0 aliphatic heterocycles. The number of nitrogens with two attached hydrogens (primary N) is 1. The molecule has 3 heteroatoms. The maximum atomic E-state index is 12.0. The Bertz CT molecular complexity index is 244. The van der Waals surface area contributed by atoms with Gasteiger partial charge in [0, 0.05) is 13.6 Å². The van der Waals surface area contributed by atoms with Gasteiger partial charge in [-0.1, -0.05) is 6.08 Å². The standard InChI is InChI=1S/C12H22N2O/c1-4-5-6-9-14(3)11(15)12(2,13)10-7-8-10/h4,10H,1,5-9,13H2,2-3H3. The van der Waals surface area contributed by atoms with E-state index < -0.39 is 5.54 Å². The van der Waals surface area contributed by atoms with Crippen molar-refractivity contribution in [3.8, 4) is 0 Å². The molecule has 0 heterocycles. The van der Waals surface area contributed by atoms with Gasteiger partial charge in [-0.15, -0.1) is 6.58 Å². The molecule has 0 spiro atoms. The Morgan fingerprint density at radius 3 is 2.73 bits per heavy atom. The highest BCUT2D eigenvalue weighted by atomic mass is 16.2. The van der Waals surface area contributed by atoms with Crippen molar-refractivity contribution in [1.82, 2.24) is 4.90 Å². The summed E-state index contributed by atoms with van der Waals surface area (Å²) < 4.78 is 0. The van der Waals surface area contributed by atoms with Gasteiger partial charge in [-0.2, -0.15) is 0 Å². The van der Waals surface area contributed by atoms with Gasteiger partial charge >= 0.3 is 0 Å². The molecule has 1 unspecified atom stereocenters. The first-order chi connectivity index (χ1) is 7.00. The van der Waals surface area contributed by atoms with E-state index in [1.807, 2.05) is 20.0 Å². The van der Waals surface area contributed by atoms with Gasteiger partial charge in [0.05, 0.1) is 5.54 Å². The maximum absolute atomic E-state index is 12.0. The third-order valence-electron chi connectivity index (χ3n) is 3.13. The summed E-state index contributed by atoms with van der Waals surface area (Å²) in [7, 11) is 1.83. The number of hydrogen-bond donors (Lipinski definition) is 1. The summed E-state index contributed by atoms with van der Waals surface area (Å²) in [5.41, 5.74) is 5.41. The number of unbranched alkanes of at least 4 members (excludes halogenated alkanes) is 1. The minimum Gasteiger partial charge on any atom is -0.344 e. The normalized spacial score (nSPS) is 19.4. The Morgan fingerprint density at radius 1 is 1.67 bits per heavy atom. The fourth-order valence-corrected chi connectivity index (χ4v) is 1.84. The van der Waals surface area contributed by atoms with E-state index in [-0.39, 0.29) is 5.91 Å². The van der Waals surface area contributed by atoms with Crippen LogP contribution in [0.25, 0.3) is 0 Å². The summed E-state index contributed by atoms with van der Waals surface area (Å²) in [5.74, 6) is 0.473. The number of rotatable bonds is 6. The zero-order valence-electron chi connectivity index (χ0n) is 9.83. The van der Waals surface area contributed by atoms with Gasteiger partial charge < -0.3 is 10.6 Å². The third kappa shape index (κ3) is 3.06. The zero-order chi connectivity index (χ0) is 11.5. The summed E-state index contributed by atoms with van der Waals surface area (Å²) in [6.07, 6.45) is 5.98. The van der Waals surface area contributed by atoms with Crippen molar-refractivity contribution in [2.45, 2.75) is 38.1 Å². The first-order valence-electron chi connectivity index (χ1n) is 5.65. The summed E-state index contributed by atoms with van der Waals surface area (Å²) in [4.78, 5) is 13.8. The highest BCUT2D eigenvalue weighted by Crippen LogP contribution is 2.38. The smallest absolute Gasteiger partial charge is 0.242 e. The molecular formula is C12H22N2O. The lowest BCUT2D eigenvalue weighted by Gasteiger charge is -2.29. The van der Waals surface area contributed by atoms with Gasteiger partial charge in [0.2, 0.25) is 5.91 Å². The molecule has 1 rings (SSSR count). The number of carbonyl (C=O) groups is 1. The van der Waals surface area contributed by atoms with Crippen LogP contribution >= 0.6 is 0 Å².